The molecule has 2 aromatic heterocycles. The Hall–Kier alpha value is -1.92. The highest BCUT2D eigenvalue weighted by atomic mass is 16.5. The van der Waals surface area contributed by atoms with Crippen LogP contribution in [0, 0.1) is 0 Å². The predicted octanol–water partition coefficient (Wildman–Crippen LogP) is 0.961. The van der Waals surface area contributed by atoms with Crippen molar-refractivity contribution in [2.75, 3.05) is 7.11 Å². The number of nitrogens with one attached hydrogen (secondary N) is 1. The SMILES string of the molecule is COc1cnccc1C(CCc1cnn(C)c1)NN. The summed E-state index contributed by atoms with van der Waals surface area (Å²) in [6, 6.07) is 1.95. The molecule has 0 saturated carbocycles. The Balaban J connectivity index is 2.07. The number of ether oxygens (including phenoxy) is 1. The van der Waals surface area contributed by atoms with Crippen molar-refractivity contribution in [1.82, 2.24) is 20.2 Å². The molecule has 0 spiro atoms. The number of hydrogen-bond donors (Lipinski definition) is 2. The molecule has 0 amide bonds. The van der Waals surface area contributed by atoms with Gasteiger partial charge in [0, 0.05) is 25.0 Å². The van der Waals surface area contributed by atoms with E-state index >= 15 is 0 Å². The molecule has 0 aliphatic heterocycles. The van der Waals surface area contributed by atoms with Crippen molar-refractivity contribution in [1.29, 1.82) is 0 Å². The fourth-order valence-corrected chi connectivity index (χ4v) is 2.09. The van der Waals surface area contributed by atoms with Crippen LogP contribution in [-0.2, 0) is 13.5 Å². The van der Waals surface area contributed by atoms with E-state index in [0.29, 0.717) is 0 Å². The number of hydrogen-bond acceptors (Lipinski definition) is 5. The molecule has 0 bridgehead atoms. The van der Waals surface area contributed by atoms with Crippen molar-refractivity contribution < 1.29 is 4.74 Å². The van der Waals surface area contributed by atoms with Gasteiger partial charge in [-0.3, -0.25) is 20.9 Å². The summed E-state index contributed by atoms with van der Waals surface area (Å²) in [5.74, 6) is 6.40. The molecular weight excluding hydrogens is 242 g/mol. The largest absolute Gasteiger partial charge is 0.495 e. The lowest BCUT2D eigenvalue weighted by atomic mass is 10.0. The first kappa shape index (κ1) is 13.5. The second kappa shape index (κ2) is 6.31. The van der Waals surface area contributed by atoms with E-state index in [1.165, 1.54) is 5.56 Å². The summed E-state index contributed by atoms with van der Waals surface area (Å²) in [6.45, 7) is 0. The normalized spacial score (nSPS) is 12.4. The first-order valence-electron chi connectivity index (χ1n) is 6.16. The van der Waals surface area contributed by atoms with Crippen LogP contribution in [0.1, 0.15) is 23.6 Å². The Morgan fingerprint density at radius 3 is 2.95 bits per heavy atom. The van der Waals surface area contributed by atoms with E-state index in [4.69, 9.17) is 10.6 Å². The highest BCUT2D eigenvalue weighted by Crippen LogP contribution is 2.26. The van der Waals surface area contributed by atoms with Gasteiger partial charge in [-0.1, -0.05) is 0 Å². The maximum atomic E-state index is 5.65. The van der Waals surface area contributed by atoms with Crippen molar-refractivity contribution in [3.05, 3.63) is 42.0 Å². The molecule has 0 aliphatic rings. The van der Waals surface area contributed by atoms with Gasteiger partial charge in [-0.2, -0.15) is 5.10 Å². The summed E-state index contributed by atoms with van der Waals surface area (Å²) < 4.78 is 7.11. The number of nitrogens with two attached hydrogens (primary N) is 1. The molecule has 1 unspecified atom stereocenters. The molecule has 2 heterocycles. The minimum Gasteiger partial charge on any atom is -0.495 e. The van der Waals surface area contributed by atoms with Crippen LogP contribution >= 0.6 is 0 Å². The fourth-order valence-electron chi connectivity index (χ4n) is 2.09. The summed E-state index contributed by atoms with van der Waals surface area (Å²) in [6.07, 6.45) is 9.08. The predicted molar refractivity (Wildman–Crippen MR) is 72.4 cm³/mol. The molecule has 0 radical (unpaired) electrons. The molecule has 2 rings (SSSR count). The topological polar surface area (TPSA) is 78.0 Å². The van der Waals surface area contributed by atoms with E-state index in [0.717, 1.165) is 24.2 Å². The average Bonchev–Trinajstić information content (AvgIpc) is 2.86. The number of nitrogens with zero attached hydrogens (tertiary/aromatic N) is 3. The second-order valence-electron chi connectivity index (χ2n) is 4.40. The standard InChI is InChI=1S/C13H19N5O/c1-18-9-10(7-16-18)3-4-12(17-14)11-5-6-15-8-13(11)19-2/h5-9,12,17H,3-4,14H2,1-2H3. The van der Waals surface area contributed by atoms with Crippen molar-refractivity contribution in [2.24, 2.45) is 12.9 Å². The third-order valence-corrected chi connectivity index (χ3v) is 3.09. The first-order valence-corrected chi connectivity index (χ1v) is 6.16. The Morgan fingerprint density at radius 2 is 2.32 bits per heavy atom. The van der Waals surface area contributed by atoms with Crippen LogP contribution in [-0.4, -0.2) is 21.9 Å². The molecule has 6 nitrogen and oxygen atoms in total. The minimum atomic E-state index is 0.0261. The summed E-state index contributed by atoms with van der Waals surface area (Å²) in [5, 5.41) is 4.16. The van der Waals surface area contributed by atoms with Gasteiger partial charge in [-0.25, -0.2) is 0 Å². The van der Waals surface area contributed by atoms with Gasteiger partial charge in [0.15, 0.2) is 0 Å². The van der Waals surface area contributed by atoms with Crippen LogP contribution in [0.25, 0.3) is 0 Å². The third kappa shape index (κ3) is 3.30. The number of pyridine rings is 1. The molecule has 19 heavy (non-hydrogen) atoms. The van der Waals surface area contributed by atoms with E-state index in [-0.39, 0.29) is 6.04 Å². The maximum Gasteiger partial charge on any atom is 0.141 e. The summed E-state index contributed by atoms with van der Waals surface area (Å²) in [5.41, 5.74) is 5.04. The van der Waals surface area contributed by atoms with Crippen LogP contribution in [0.15, 0.2) is 30.9 Å². The monoisotopic (exact) mass is 261 g/mol. The van der Waals surface area contributed by atoms with Gasteiger partial charge in [0.2, 0.25) is 0 Å². The zero-order valence-electron chi connectivity index (χ0n) is 11.2. The lowest BCUT2D eigenvalue weighted by Gasteiger charge is -2.18. The summed E-state index contributed by atoms with van der Waals surface area (Å²) >= 11 is 0. The molecule has 102 valence electrons. The molecule has 0 aromatic carbocycles. The van der Waals surface area contributed by atoms with Gasteiger partial charge in [0.1, 0.15) is 5.75 Å². The number of aromatic nitrogens is 3. The first-order chi connectivity index (χ1) is 9.24. The minimum absolute atomic E-state index is 0.0261. The van der Waals surface area contributed by atoms with E-state index in [1.54, 1.807) is 24.2 Å². The van der Waals surface area contributed by atoms with Gasteiger partial charge in [-0.15, -0.1) is 0 Å². The van der Waals surface area contributed by atoms with E-state index in [9.17, 15) is 0 Å². The Morgan fingerprint density at radius 1 is 1.47 bits per heavy atom. The number of hydrazine groups is 1. The van der Waals surface area contributed by atoms with Crippen LogP contribution in [0.4, 0.5) is 0 Å². The van der Waals surface area contributed by atoms with Gasteiger partial charge in [0.05, 0.1) is 25.5 Å². The van der Waals surface area contributed by atoms with Crippen LogP contribution in [0.2, 0.25) is 0 Å². The van der Waals surface area contributed by atoms with Crippen molar-refractivity contribution in [2.45, 2.75) is 18.9 Å². The molecule has 0 aliphatic carbocycles. The number of rotatable bonds is 6. The van der Waals surface area contributed by atoms with Crippen LogP contribution in [0.3, 0.4) is 0 Å². The summed E-state index contributed by atoms with van der Waals surface area (Å²) in [7, 11) is 3.54. The summed E-state index contributed by atoms with van der Waals surface area (Å²) in [4.78, 5) is 4.05. The molecule has 1 atom stereocenters. The third-order valence-electron chi connectivity index (χ3n) is 3.09. The highest BCUT2D eigenvalue weighted by molar-refractivity contribution is 5.32. The molecule has 2 aromatic rings. The van der Waals surface area contributed by atoms with Crippen LogP contribution in [0.5, 0.6) is 5.75 Å². The zero-order valence-corrected chi connectivity index (χ0v) is 11.2. The van der Waals surface area contributed by atoms with Crippen molar-refractivity contribution in [3.8, 4) is 5.75 Å². The smallest absolute Gasteiger partial charge is 0.141 e. The molecule has 6 heteroatoms. The molecule has 0 saturated heterocycles. The Labute approximate surface area is 112 Å². The molecule has 0 fully saturated rings. The zero-order chi connectivity index (χ0) is 13.7. The van der Waals surface area contributed by atoms with Gasteiger partial charge in [0.25, 0.3) is 0 Å². The maximum absolute atomic E-state index is 5.65. The Bertz CT molecular complexity index is 525. The number of methoxy groups -OCH3 is 1. The highest BCUT2D eigenvalue weighted by Gasteiger charge is 2.15. The quantitative estimate of drug-likeness (QED) is 0.598. The Kier molecular flexibility index (Phi) is 4.48. The molecular formula is C13H19N5O. The van der Waals surface area contributed by atoms with E-state index in [1.807, 2.05) is 25.5 Å². The van der Waals surface area contributed by atoms with Crippen LogP contribution < -0.4 is 16.0 Å². The van der Waals surface area contributed by atoms with E-state index in [2.05, 4.69) is 15.5 Å². The molecule has 3 N–H and O–H groups in total. The fraction of sp³-hybridized carbons (Fsp3) is 0.385. The van der Waals surface area contributed by atoms with Gasteiger partial charge < -0.3 is 4.74 Å². The van der Waals surface area contributed by atoms with Gasteiger partial charge in [-0.05, 0) is 24.5 Å². The second-order valence-corrected chi connectivity index (χ2v) is 4.40. The number of aryl methyl sites for hydroxylation is 2. The van der Waals surface area contributed by atoms with E-state index < -0.39 is 0 Å². The van der Waals surface area contributed by atoms with Crippen molar-refractivity contribution in [3.63, 3.8) is 0 Å². The lowest BCUT2D eigenvalue weighted by Crippen LogP contribution is -2.28. The van der Waals surface area contributed by atoms with Gasteiger partial charge >= 0.3 is 0 Å². The van der Waals surface area contributed by atoms with Crippen molar-refractivity contribution >= 4 is 0 Å². The lowest BCUT2D eigenvalue weighted by molar-refractivity contribution is 0.394. The average molecular weight is 261 g/mol.